The van der Waals surface area contributed by atoms with E-state index in [2.05, 4.69) is 0 Å². The van der Waals surface area contributed by atoms with Gasteiger partial charge >= 0.3 is 6.18 Å². The standard InChI is InChI=1S/C14H17F3N2O2S/c15-14(16,17)10-3-5-11(6-4-10)22(20,21)19-7-12(9-1-2-9)13(18)8-19/h3-6,9,12-13H,1-2,7-8,18H2/t12-,13+/m0/s1. The zero-order valence-electron chi connectivity index (χ0n) is 11.8. The first kappa shape index (κ1) is 15.8. The first-order valence-corrected chi connectivity index (χ1v) is 8.56. The Bertz CT molecular complexity index is 654. The second-order valence-electron chi connectivity index (χ2n) is 6.01. The van der Waals surface area contributed by atoms with Gasteiger partial charge in [-0.15, -0.1) is 0 Å². The Morgan fingerprint density at radius 1 is 1.09 bits per heavy atom. The first-order chi connectivity index (χ1) is 10.2. The second kappa shape index (κ2) is 5.21. The summed E-state index contributed by atoms with van der Waals surface area (Å²) < 4.78 is 63.9. The van der Waals surface area contributed by atoms with E-state index in [0.717, 1.165) is 37.1 Å². The Morgan fingerprint density at radius 2 is 1.68 bits per heavy atom. The fourth-order valence-corrected chi connectivity index (χ4v) is 4.51. The number of hydrogen-bond donors (Lipinski definition) is 1. The van der Waals surface area contributed by atoms with Gasteiger partial charge in [0.25, 0.3) is 0 Å². The van der Waals surface area contributed by atoms with Crippen molar-refractivity contribution < 1.29 is 21.6 Å². The van der Waals surface area contributed by atoms with E-state index in [4.69, 9.17) is 5.73 Å². The van der Waals surface area contributed by atoms with Crippen LogP contribution in [0.3, 0.4) is 0 Å². The van der Waals surface area contributed by atoms with Gasteiger partial charge in [-0.25, -0.2) is 8.42 Å². The zero-order valence-corrected chi connectivity index (χ0v) is 12.6. The van der Waals surface area contributed by atoms with Crippen LogP contribution in [0.25, 0.3) is 0 Å². The average molecular weight is 334 g/mol. The Kier molecular flexibility index (Phi) is 3.73. The van der Waals surface area contributed by atoms with Crippen molar-refractivity contribution in [1.82, 2.24) is 4.31 Å². The highest BCUT2D eigenvalue weighted by atomic mass is 32.2. The molecule has 122 valence electrons. The maximum absolute atomic E-state index is 12.5. The lowest BCUT2D eigenvalue weighted by Gasteiger charge is -2.17. The maximum atomic E-state index is 12.5. The fourth-order valence-electron chi connectivity index (χ4n) is 3.00. The van der Waals surface area contributed by atoms with Crippen molar-refractivity contribution in [2.45, 2.75) is 30.0 Å². The molecule has 0 bridgehead atoms. The molecule has 4 nitrogen and oxygen atoms in total. The van der Waals surface area contributed by atoms with E-state index < -0.39 is 21.8 Å². The number of halogens is 3. The van der Waals surface area contributed by atoms with Gasteiger partial charge in [-0.05, 0) is 48.9 Å². The summed E-state index contributed by atoms with van der Waals surface area (Å²) in [4.78, 5) is -0.121. The largest absolute Gasteiger partial charge is 0.416 e. The smallest absolute Gasteiger partial charge is 0.326 e. The molecule has 0 amide bonds. The van der Waals surface area contributed by atoms with Crippen molar-refractivity contribution in [3.8, 4) is 0 Å². The van der Waals surface area contributed by atoms with Crippen LogP contribution in [0.15, 0.2) is 29.2 Å². The number of sulfonamides is 1. The highest BCUT2D eigenvalue weighted by Gasteiger charge is 2.44. The third-order valence-corrected chi connectivity index (χ3v) is 6.27. The van der Waals surface area contributed by atoms with Crippen molar-refractivity contribution in [2.75, 3.05) is 13.1 Å². The summed E-state index contributed by atoms with van der Waals surface area (Å²) in [5, 5.41) is 0. The molecule has 2 aliphatic rings. The highest BCUT2D eigenvalue weighted by molar-refractivity contribution is 7.89. The van der Waals surface area contributed by atoms with Gasteiger partial charge in [-0.1, -0.05) is 0 Å². The van der Waals surface area contributed by atoms with Crippen molar-refractivity contribution in [3.63, 3.8) is 0 Å². The van der Waals surface area contributed by atoms with Gasteiger partial charge in [0.1, 0.15) is 0 Å². The van der Waals surface area contributed by atoms with E-state index in [0.29, 0.717) is 12.5 Å². The molecular weight excluding hydrogens is 317 g/mol. The minimum Gasteiger partial charge on any atom is -0.326 e. The molecule has 1 aromatic carbocycles. The monoisotopic (exact) mass is 334 g/mol. The van der Waals surface area contributed by atoms with Gasteiger partial charge < -0.3 is 5.73 Å². The van der Waals surface area contributed by atoms with Gasteiger partial charge in [0.05, 0.1) is 10.5 Å². The van der Waals surface area contributed by atoms with Crippen LogP contribution < -0.4 is 5.73 Å². The predicted molar refractivity (Wildman–Crippen MR) is 74.4 cm³/mol. The van der Waals surface area contributed by atoms with Crippen LogP contribution in [-0.4, -0.2) is 31.9 Å². The number of hydrogen-bond acceptors (Lipinski definition) is 3. The first-order valence-electron chi connectivity index (χ1n) is 7.12. The topological polar surface area (TPSA) is 63.4 Å². The molecule has 1 saturated carbocycles. The molecule has 1 heterocycles. The van der Waals surface area contributed by atoms with E-state index in [9.17, 15) is 21.6 Å². The lowest BCUT2D eigenvalue weighted by Crippen LogP contribution is -2.32. The minimum absolute atomic E-state index is 0.121. The lowest BCUT2D eigenvalue weighted by atomic mass is 9.99. The molecule has 1 aliphatic carbocycles. The number of alkyl halides is 3. The van der Waals surface area contributed by atoms with Gasteiger partial charge in [-0.3, -0.25) is 0 Å². The number of benzene rings is 1. The predicted octanol–water partition coefficient (Wildman–Crippen LogP) is 2.06. The summed E-state index contributed by atoms with van der Waals surface area (Å²) in [5.74, 6) is 0.645. The van der Waals surface area contributed by atoms with E-state index in [1.165, 1.54) is 4.31 Å². The molecule has 2 fully saturated rings. The van der Waals surface area contributed by atoms with Crippen molar-refractivity contribution in [2.24, 2.45) is 17.6 Å². The molecule has 0 aromatic heterocycles. The Labute approximate surface area is 127 Å². The molecule has 1 aliphatic heterocycles. The van der Waals surface area contributed by atoms with Crippen LogP contribution in [0.4, 0.5) is 13.2 Å². The molecule has 1 saturated heterocycles. The van der Waals surface area contributed by atoms with Crippen LogP contribution in [0.5, 0.6) is 0 Å². The summed E-state index contributed by atoms with van der Waals surface area (Å²) in [5.41, 5.74) is 5.15. The van der Waals surface area contributed by atoms with Gasteiger partial charge in [-0.2, -0.15) is 17.5 Å². The van der Waals surface area contributed by atoms with E-state index >= 15 is 0 Å². The summed E-state index contributed by atoms with van der Waals surface area (Å²) in [6.45, 7) is 0.583. The molecule has 0 unspecified atom stereocenters. The molecule has 2 atom stereocenters. The maximum Gasteiger partial charge on any atom is 0.416 e. The molecule has 1 aromatic rings. The van der Waals surface area contributed by atoms with Crippen LogP contribution in [0.2, 0.25) is 0 Å². The molecule has 22 heavy (non-hydrogen) atoms. The minimum atomic E-state index is -4.48. The molecular formula is C14H17F3N2O2S. The third kappa shape index (κ3) is 2.87. The summed E-state index contributed by atoms with van der Waals surface area (Å²) in [7, 11) is -3.79. The van der Waals surface area contributed by atoms with Gasteiger partial charge in [0.15, 0.2) is 0 Å². The molecule has 2 N–H and O–H groups in total. The number of nitrogens with two attached hydrogens (primary N) is 1. The average Bonchev–Trinajstić information content (AvgIpc) is 3.20. The molecule has 0 radical (unpaired) electrons. The second-order valence-corrected chi connectivity index (χ2v) is 7.95. The third-order valence-electron chi connectivity index (χ3n) is 4.43. The van der Waals surface area contributed by atoms with E-state index in [1.807, 2.05) is 0 Å². The Hall–Kier alpha value is -1.12. The summed E-state index contributed by atoms with van der Waals surface area (Å²) >= 11 is 0. The van der Waals surface area contributed by atoms with Crippen LogP contribution in [-0.2, 0) is 16.2 Å². The highest BCUT2D eigenvalue weighted by Crippen LogP contribution is 2.42. The van der Waals surface area contributed by atoms with Crippen LogP contribution in [0, 0.1) is 11.8 Å². The Balaban J connectivity index is 1.81. The summed E-state index contributed by atoms with van der Waals surface area (Å²) in [6.07, 6.45) is -2.32. The number of nitrogens with zero attached hydrogens (tertiary/aromatic N) is 1. The van der Waals surface area contributed by atoms with E-state index in [-0.39, 0.29) is 23.4 Å². The zero-order chi connectivity index (χ0) is 16.1. The van der Waals surface area contributed by atoms with Crippen molar-refractivity contribution >= 4 is 10.0 Å². The van der Waals surface area contributed by atoms with E-state index in [1.54, 1.807) is 0 Å². The lowest BCUT2D eigenvalue weighted by molar-refractivity contribution is -0.137. The van der Waals surface area contributed by atoms with Crippen LogP contribution in [0.1, 0.15) is 18.4 Å². The molecule has 8 heteroatoms. The van der Waals surface area contributed by atoms with Crippen molar-refractivity contribution in [3.05, 3.63) is 29.8 Å². The fraction of sp³-hybridized carbons (Fsp3) is 0.571. The quantitative estimate of drug-likeness (QED) is 0.920. The summed E-state index contributed by atoms with van der Waals surface area (Å²) in [6, 6.07) is 3.40. The molecule has 3 rings (SSSR count). The Morgan fingerprint density at radius 3 is 2.18 bits per heavy atom. The van der Waals surface area contributed by atoms with Crippen LogP contribution >= 0.6 is 0 Å². The SMILES string of the molecule is N[C@@H]1CN(S(=O)(=O)c2ccc(C(F)(F)F)cc2)C[C@H]1C1CC1. The van der Waals surface area contributed by atoms with Gasteiger partial charge in [0, 0.05) is 19.1 Å². The van der Waals surface area contributed by atoms with Gasteiger partial charge in [0.2, 0.25) is 10.0 Å². The van der Waals surface area contributed by atoms with Crippen molar-refractivity contribution in [1.29, 1.82) is 0 Å². The normalized spacial score (nSPS) is 27.3. The number of rotatable bonds is 3. The molecule has 0 spiro atoms.